The molecule has 2 rings (SSSR count). The Labute approximate surface area is 124 Å². The molecule has 1 heterocycles. The van der Waals surface area contributed by atoms with E-state index in [4.69, 9.17) is 4.74 Å². The predicted molar refractivity (Wildman–Crippen MR) is 82.1 cm³/mol. The van der Waals surface area contributed by atoms with Crippen molar-refractivity contribution in [2.75, 3.05) is 13.7 Å². The second-order valence-corrected chi connectivity index (χ2v) is 4.70. The van der Waals surface area contributed by atoms with E-state index in [1.165, 1.54) is 6.08 Å². The van der Waals surface area contributed by atoms with Gasteiger partial charge >= 0.3 is 0 Å². The number of carbonyl (C=O) groups excluding carboxylic acids is 1. The topological polar surface area (TPSA) is 67.0 Å². The maximum Gasteiger partial charge on any atom is 0.244 e. The number of amides is 1. The van der Waals surface area contributed by atoms with Gasteiger partial charge in [0, 0.05) is 36.5 Å². The molecule has 110 valence electrons. The predicted octanol–water partition coefficient (Wildman–Crippen LogP) is 2.10. The molecule has 0 unspecified atom stereocenters. The molecule has 1 aromatic heterocycles. The second kappa shape index (κ2) is 7.28. The van der Waals surface area contributed by atoms with Crippen molar-refractivity contribution in [2.24, 2.45) is 0 Å². The minimum atomic E-state index is -0.127. The van der Waals surface area contributed by atoms with Crippen molar-refractivity contribution >= 4 is 12.0 Å². The quantitative estimate of drug-likeness (QED) is 0.799. The summed E-state index contributed by atoms with van der Waals surface area (Å²) in [6, 6.07) is 5.85. The van der Waals surface area contributed by atoms with Crippen molar-refractivity contribution in [3.63, 3.8) is 0 Å². The highest BCUT2D eigenvalue weighted by Crippen LogP contribution is 2.20. The summed E-state index contributed by atoms with van der Waals surface area (Å²) in [5.74, 6) is 0.625. The van der Waals surface area contributed by atoms with Crippen LogP contribution in [0.3, 0.4) is 0 Å². The van der Waals surface area contributed by atoms with Gasteiger partial charge in [-0.1, -0.05) is 11.6 Å². The molecular formula is C16H19N3O2. The minimum absolute atomic E-state index is 0.127. The van der Waals surface area contributed by atoms with E-state index in [0.717, 1.165) is 29.0 Å². The molecule has 0 fully saturated rings. The first-order valence-corrected chi connectivity index (χ1v) is 6.77. The highest BCUT2D eigenvalue weighted by Gasteiger charge is 2.01. The molecule has 0 radical (unpaired) electrons. The molecule has 0 atom stereocenters. The third-order valence-electron chi connectivity index (χ3n) is 3.05. The number of ether oxygens (including phenoxy) is 1. The van der Waals surface area contributed by atoms with Gasteiger partial charge in [0.2, 0.25) is 5.91 Å². The van der Waals surface area contributed by atoms with Crippen molar-refractivity contribution in [1.82, 2.24) is 15.3 Å². The maximum absolute atomic E-state index is 11.8. The normalized spacial score (nSPS) is 10.8. The Morgan fingerprint density at radius 3 is 3.05 bits per heavy atom. The highest BCUT2D eigenvalue weighted by molar-refractivity contribution is 5.92. The SMILES string of the molecule is COc1ccc(C)cc1C=CC(=O)NCCc1cnc[nH]1. The average molecular weight is 285 g/mol. The monoisotopic (exact) mass is 285 g/mol. The van der Waals surface area contributed by atoms with Crippen molar-refractivity contribution in [3.8, 4) is 5.75 Å². The van der Waals surface area contributed by atoms with Crippen LogP contribution in [0.4, 0.5) is 0 Å². The van der Waals surface area contributed by atoms with Crippen LogP contribution in [0, 0.1) is 6.92 Å². The molecule has 0 saturated carbocycles. The maximum atomic E-state index is 11.8. The summed E-state index contributed by atoms with van der Waals surface area (Å²) in [4.78, 5) is 18.7. The zero-order valence-corrected chi connectivity index (χ0v) is 12.2. The molecule has 0 aliphatic rings. The summed E-state index contributed by atoms with van der Waals surface area (Å²) >= 11 is 0. The van der Waals surface area contributed by atoms with E-state index < -0.39 is 0 Å². The molecule has 2 aromatic rings. The van der Waals surface area contributed by atoms with Gasteiger partial charge in [-0.05, 0) is 25.1 Å². The number of hydrogen-bond acceptors (Lipinski definition) is 3. The molecule has 1 aromatic carbocycles. The van der Waals surface area contributed by atoms with Gasteiger partial charge in [-0.2, -0.15) is 0 Å². The second-order valence-electron chi connectivity index (χ2n) is 4.70. The summed E-state index contributed by atoms with van der Waals surface area (Å²) < 4.78 is 5.27. The van der Waals surface area contributed by atoms with E-state index in [2.05, 4.69) is 15.3 Å². The van der Waals surface area contributed by atoms with Gasteiger partial charge in [-0.25, -0.2) is 4.98 Å². The summed E-state index contributed by atoms with van der Waals surface area (Å²) in [5.41, 5.74) is 3.01. The molecule has 1 amide bonds. The van der Waals surface area contributed by atoms with Crippen molar-refractivity contribution < 1.29 is 9.53 Å². The van der Waals surface area contributed by atoms with Crippen LogP contribution in [-0.4, -0.2) is 29.5 Å². The van der Waals surface area contributed by atoms with Crippen LogP contribution >= 0.6 is 0 Å². The minimum Gasteiger partial charge on any atom is -0.496 e. The number of nitrogens with one attached hydrogen (secondary N) is 2. The number of aryl methyl sites for hydroxylation is 1. The number of aromatic amines is 1. The lowest BCUT2D eigenvalue weighted by molar-refractivity contribution is -0.116. The third-order valence-corrected chi connectivity index (χ3v) is 3.05. The van der Waals surface area contributed by atoms with Gasteiger partial charge in [0.1, 0.15) is 5.75 Å². The van der Waals surface area contributed by atoms with Gasteiger partial charge < -0.3 is 15.0 Å². The Morgan fingerprint density at radius 2 is 2.33 bits per heavy atom. The first-order valence-electron chi connectivity index (χ1n) is 6.77. The van der Waals surface area contributed by atoms with Gasteiger partial charge in [0.05, 0.1) is 13.4 Å². The van der Waals surface area contributed by atoms with E-state index in [9.17, 15) is 4.79 Å². The molecule has 0 saturated heterocycles. The summed E-state index contributed by atoms with van der Waals surface area (Å²) in [6.45, 7) is 2.57. The van der Waals surface area contributed by atoms with Crippen LogP contribution in [0.2, 0.25) is 0 Å². The largest absolute Gasteiger partial charge is 0.496 e. The fourth-order valence-corrected chi connectivity index (χ4v) is 1.95. The third kappa shape index (κ3) is 4.49. The Kier molecular flexibility index (Phi) is 5.15. The number of carbonyl (C=O) groups is 1. The van der Waals surface area contributed by atoms with Crippen LogP contribution < -0.4 is 10.1 Å². The van der Waals surface area contributed by atoms with Crippen LogP contribution in [0.5, 0.6) is 5.75 Å². The van der Waals surface area contributed by atoms with Gasteiger partial charge in [-0.3, -0.25) is 4.79 Å². The molecule has 5 heteroatoms. The number of rotatable bonds is 6. The molecule has 0 aliphatic heterocycles. The van der Waals surface area contributed by atoms with Crippen LogP contribution in [-0.2, 0) is 11.2 Å². The number of imidazole rings is 1. The average Bonchev–Trinajstić information content (AvgIpc) is 2.98. The van der Waals surface area contributed by atoms with E-state index >= 15 is 0 Å². The Morgan fingerprint density at radius 1 is 1.48 bits per heavy atom. The van der Waals surface area contributed by atoms with E-state index in [1.54, 1.807) is 25.7 Å². The van der Waals surface area contributed by atoms with Crippen LogP contribution in [0.25, 0.3) is 6.08 Å². The lowest BCUT2D eigenvalue weighted by Gasteiger charge is -2.05. The lowest BCUT2D eigenvalue weighted by Crippen LogP contribution is -2.23. The number of nitrogens with zero attached hydrogens (tertiary/aromatic N) is 1. The fourth-order valence-electron chi connectivity index (χ4n) is 1.95. The number of aromatic nitrogens is 2. The summed E-state index contributed by atoms with van der Waals surface area (Å²) in [5, 5.41) is 2.83. The van der Waals surface area contributed by atoms with E-state index in [0.29, 0.717) is 6.54 Å². The first-order chi connectivity index (χ1) is 10.2. The van der Waals surface area contributed by atoms with Gasteiger partial charge in [0.25, 0.3) is 0 Å². The first kappa shape index (κ1) is 14.8. The molecular weight excluding hydrogens is 266 g/mol. The molecule has 0 spiro atoms. The van der Waals surface area contributed by atoms with E-state index in [-0.39, 0.29) is 5.91 Å². The fraction of sp³-hybridized carbons (Fsp3) is 0.250. The molecule has 5 nitrogen and oxygen atoms in total. The number of H-pyrrole nitrogens is 1. The number of benzene rings is 1. The summed E-state index contributed by atoms with van der Waals surface area (Å²) in [7, 11) is 1.62. The van der Waals surface area contributed by atoms with Gasteiger partial charge in [0.15, 0.2) is 0 Å². The molecule has 0 bridgehead atoms. The van der Waals surface area contributed by atoms with E-state index in [1.807, 2.05) is 25.1 Å². The molecule has 21 heavy (non-hydrogen) atoms. The zero-order chi connectivity index (χ0) is 15.1. The standard InChI is InChI=1S/C16H19N3O2/c1-12-3-5-15(21-2)13(9-12)4-6-16(20)18-8-7-14-10-17-11-19-14/h3-6,9-11H,7-8H2,1-2H3,(H,17,19)(H,18,20). The van der Waals surface area contributed by atoms with Crippen LogP contribution in [0.1, 0.15) is 16.8 Å². The Hall–Kier alpha value is -2.56. The highest BCUT2D eigenvalue weighted by atomic mass is 16.5. The zero-order valence-electron chi connectivity index (χ0n) is 12.2. The van der Waals surface area contributed by atoms with Crippen LogP contribution in [0.15, 0.2) is 36.8 Å². The summed E-state index contributed by atoms with van der Waals surface area (Å²) in [6.07, 6.45) is 7.38. The smallest absolute Gasteiger partial charge is 0.244 e. The molecule has 0 aliphatic carbocycles. The molecule has 2 N–H and O–H groups in total. The van der Waals surface area contributed by atoms with Gasteiger partial charge in [-0.15, -0.1) is 0 Å². The van der Waals surface area contributed by atoms with Crippen molar-refractivity contribution in [2.45, 2.75) is 13.3 Å². The lowest BCUT2D eigenvalue weighted by atomic mass is 10.1. The van der Waals surface area contributed by atoms with Crippen molar-refractivity contribution in [3.05, 3.63) is 53.6 Å². The van der Waals surface area contributed by atoms with Crippen molar-refractivity contribution in [1.29, 1.82) is 0 Å². The number of hydrogen-bond donors (Lipinski definition) is 2. The Balaban J connectivity index is 1.88. The Bertz CT molecular complexity index is 618. The number of methoxy groups -OCH3 is 1.